The lowest BCUT2D eigenvalue weighted by Gasteiger charge is -2.06. The van der Waals surface area contributed by atoms with Crippen molar-refractivity contribution in [1.82, 2.24) is 0 Å². The molecule has 0 amide bonds. The Hall–Kier alpha value is -1.61. The number of benzene rings is 2. The smallest absolute Gasteiger partial charge is 0.362 e. The molecule has 1 aliphatic heterocycles. The van der Waals surface area contributed by atoms with Gasteiger partial charge in [0, 0.05) is 0 Å². The maximum Gasteiger partial charge on any atom is 0.362 e. The van der Waals surface area contributed by atoms with E-state index in [1.54, 1.807) is 12.1 Å². The monoisotopic (exact) mass is 212 g/mol. The molecule has 3 heteroatoms. The van der Waals surface area contributed by atoms with Crippen LogP contribution in [0.25, 0.3) is 0 Å². The van der Waals surface area contributed by atoms with Crippen molar-refractivity contribution >= 4 is 17.8 Å². The minimum Gasteiger partial charge on any atom is -0.423 e. The molecule has 1 aliphatic rings. The Labute approximate surface area is 94.0 Å². The maximum atomic E-state index is 12.8. The SMILES string of the molecule is Fc1ccc(B2OCc3ccccc32)cc1. The molecule has 0 atom stereocenters. The molecule has 0 saturated heterocycles. The predicted octanol–water partition coefficient (Wildman–Crippen LogP) is 1.46. The van der Waals surface area contributed by atoms with E-state index >= 15 is 0 Å². The molecule has 0 aromatic heterocycles. The van der Waals surface area contributed by atoms with Crippen molar-refractivity contribution in [2.24, 2.45) is 0 Å². The average Bonchev–Trinajstić information content (AvgIpc) is 2.74. The molecule has 1 nitrogen and oxygen atoms in total. The summed E-state index contributed by atoms with van der Waals surface area (Å²) in [5, 5.41) is 0. The number of rotatable bonds is 1. The summed E-state index contributed by atoms with van der Waals surface area (Å²) in [6.07, 6.45) is 0. The normalized spacial score (nSPS) is 13.9. The van der Waals surface area contributed by atoms with E-state index in [0.29, 0.717) is 6.61 Å². The fourth-order valence-corrected chi connectivity index (χ4v) is 2.10. The van der Waals surface area contributed by atoms with Gasteiger partial charge in [-0.05, 0) is 28.6 Å². The molecule has 0 N–H and O–H groups in total. The quantitative estimate of drug-likeness (QED) is 0.650. The van der Waals surface area contributed by atoms with Crippen LogP contribution in [0.2, 0.25) is 0 Å². The molecule has 0 saturated carbocycles. The predicted molar refractivity (Wildman–Crippen MR) is 62.7 cm³/mol. The van der Waals surface area contributed by atoms with Crippen molar-refractivity contribution in [2.75, 3.05) is 0 Å². The van der Waals surface area contributed by atoms with Crippen LogP contribution in [-0.4, -0.2) is 6.92 Å². The number of fused-ring (bicyclic) bond motifs is 1. The second kappa shape index (κ2) is 3.76. The highest BCUT2D eigenvalue weighted by Gasteiger charge is 2.29. The maximum absolute atomic E-state index is 12.8. The molecule has 0 unspecified atom stereocenters. The number of halogens is 1. The van der Waals surface area contributed by atoms with Gasteiger partial charge in [-0.3, -0.25) is 0 Å². The molecule has 2 aromatic rings. The molecule has 1 heterocycles. The lowest BCUT2D eigenvalue weighted by molar-refractivity contribution is 0.337. The topological polar surface area (TPSA) is 9.23 Å². The van der Waals surface area contributed by atoms with Crippen molar-refractivity contribution in [3.63, 3.8) is 0 Å². The summed E-state index contributed by atoms with van der Waals surface area (Å²) in [4.78, 5) is 0. The fraction of sp³-hybridized carbons (Fsp3) is 0.0769. The van der Waals surface area contributed by atoms with E-state index in [9.17, 15) is 4.39 Å². The van der Waals surface area contributed by atoms with Crippen molar-refractivity contribution in [2.45, 2.75) is 6.61 Å². The van der Waals surface area contributed by atoms with E-state index in [2.05, 4.69) is 12.1 Å². The van der Waals surface area contributed by atoms with Gasteiger partial charge in [-0.1, -0.05) is 36.4 Å². The summed E-state index contributed by atoms with van der Waals surface area (Å²) in [5.41, 5.74) is 3.41. The molecular weight excluding hydrogens is 202 g/mol. The van der Waals surface area contributed by atoms with Gasteiger partial charge in [-0.15, -0.1) is 0 Å². The zero-order valence-electron chi connectivity index (χ0n) is 8.69. The van der Waals surface area contributed by atoms with Crippen molar-refractivity contribution in [3.05, 3.63) is 59.9 Å². The highest BCUT2D eigenvalue weighted by Crippen LogP contribution is 2.10. The van der Waals surface area contributed by atoms with Gasteiger partial charge in [0.2, 0.25) is 0 Å². The van der Waals surface area contributed by atoms with Crippen LogP contribution in [0.3, 0.4) is 0 Å². The van der Waals surface area contributed by atoms with Gasteiger partial charge in [0.25, 0.3) is 0 Å². The number of hydrogen-bond acceptors (Lipinski definition) is 1. The van der Waals surface area contributed by atoms with E-state index in [1.807, 2.05) is 12.1 Å². The van der Waals surface area contributed by atoms with Crippen molar-refractivity contribution in [1.29, 1.82) is 0 Å². The molecular formula is C13H10BFO. The van der Waals surface area contributed by atoms with E-state index in [-0.39, 0.29) is 12.7 Å². The summed E-state index contributed by atoms with van der Waals surface area (Å²) in [5.74, 6) is -0.213. The zero-order chi connectivity index (χ0) is 11.0. The van der Waals surface area contributed by atoms with Gasteiger partial charge < -0.3 is 4.65 Å². The third kappa shape index (κ3) is 1.53. The first-order valence-corrected chi connectivity index (χ1v) is 5.29. The van der Waals surface area contributed by atoms with Crippen LogP contribution in [0.5, 0.6) is 0 Å². The molecule has 0 bridgehead atoms. The van der Waals surface area contributed by atoms with Crippen LogP contribution in [0.4, 0.5) is 4.39 Å². The van der Waals surface area contributed by atoms with Gasteiger partial charge in [-0.25, -0.2) is 4.39 Å². The van der Waals surface area contributed by atoms with E-state index in [4.69, 9.17) is 4.65 Å². The van der Waals surface area contributed by atoms with Gasteiger partial charge >= 0.3 is 6.92 Å². The minimum atomic E-state index is -0.213. The van der Waals surface area contributed by atoms with Crippen LogP contribution < -0.4 is 10.9 Å². The molecule has 2 aromatic carbocycles. The first kappa shape index (κ1) is 9.61. The summed E-state index contributed by atoms with van der Waals surface area (Å²) in [6.45, 7) is 0.592. The Balaban J connectivity index is 2.01. The first-order valence-electron chi connectivity index (χ1n) is 5.29. The largest absolute Gasteiger partial charge is 0.423 e. The molecule has 0 aliphatic carbocycles. The third-order valence-corrected chi connectivity index (χ3v) is 2.92. The Bertz CT molecular complexity index is 510. The Morgan fingerprint density at radius 1 is 1.00 bits per heavy atom. The zero-order valence-corrected chi connectivity index (χ0v) is 8.69. The molecule has 0 fully saturated rings. The number of hydrogen-bond donors (Lipinski definition) is 0. The summed E-state index contributed by atoms with van der Waals surface area (Å²) in [6, 6.07) is 14.7. The highest BCUT2D eigenvalue weighted by atomic mass is 19.1. The Kier molecular flexibility index (Phi) is 2.26. The van der Waals surface area contributed by atoms with Gasteiger partial charge in [0.1, 0.15) is 5.82 Å². The van der Waals surface area contributed by atoms with Crippen molar-refractivity contribution < 1.29 is 9.04 Å². The molecule has 3 rings (SSSR count). The second-order valence-electron chi connectivity index (χ2n) is 3.94. The van der Waals surface area contributed by atoms with Gasteiger partial charge in [-0.2, -0.15) is 0 Å². The molecule has 78 valence electrons. The average molecular weight is 212 g/mol. The van der Waals surface area contributed by atoms with Crippen LogP contribution in [0, 0.1) is 5.82 Å². The van der Waals surface area contributed by atoms with Crippen LogP contribution in [0.15, 0.2) is 48.5 Å². The minimum absolute atomic E-state index is 0.0446. The third-order valence-electron chi connectivity index (χ3n) is 2.92. The standard InChI is InChI=1S/C13H10BFO/c15-12-7-5-11(6-8-12)14-13-4-2-1-3-10(13)9-16-14/h1-8H,9H2. The Morgan fingerprint density at radius 2 is 1.75 bits per heavy atom. The summed E-state index contributed by atoms with van der Waals surface area (Å²) < 4.78 is 18.6. The fourth-order valence-electron chi connectivity index (χ4n) is 2.10. The van der Waals surface area contributed by atoms with Crippen LogP contribution >= 0.6 is 0 Å². The van der Waals surface area contributed by atoms with Crippen LogP contribution in [-0.2, 0) is 11.3 Å². The summed E-state index contributed by atoms with van der Waals surface area (Å²) in [7, 11) is 0. The van der Waals surface area contributed by atoms with E-state index < -0.39 is 0 Å². The second-order valence-corrected chi connectivity index (χ2v) is 3.94. The van der Waals surface area contributed by atoms with Gasteiger partial charge in [0.05, 0.1) is 6.61 Å². The van der Waals surface area contributed by atoms with Gasteiger partial charge in [0.15, 0.2) is 0 Å². The molecule has 16 heavy (non-hydrogen) atoms. The Morgan fingerprint density at radius 3 is 2.56 bits per heavy atom. The lowest BCUT2D eigenvalue weighted by atomic mass is 9.56. The van der Waals surface area contributed by atoms with E-state index in [1.165, 1.54) is 23.2 Å². The molecule has 0 radical (unpaired) electrons. The highest BCUT2D eigenvalue weighted by molar-refractivity contribution is 6.81. The van der Waals surface area contributed by atoms with Crippen molar-refractivity contribution in [3.8, 4) is 0 Å². The lowest BCUT2D eigenvalue weighted by Crippen LogP contribution is -2.41. The van der Waals surface area contributed by atoms with E-state index in [0.717, 1.165) is 5.46 Å². The molecule has 0 spiro atoms. The summed E-state index contributed by atoms with van der Waals surface area (Å²) >= 11 is 0. The van der Waals surface area contributed by atoms with Crippen LogP contribution in [0.1, 0.15) is 5.56 Å². The first-order chi connectivity index (χ1) is 7.84.